The summed E-state index contributed by atoms with van der Waals surface area (Å²) >= 11 is 5.12. The zero-order chi connectivity index (χ0) is 9.68. The molecule has 13 heavy (non-hydrogen) atoms. The van der Waals surface area contributed by atoms with Gasteiger partial charge in [0.15, 0.2) is 0 Å². The van der Waals surface area contributed by atoms with Gasteiger partial charge in [-0.2, -0.15) is 0 Å². The fourth-order valence-corrected chi connectivity index (χ4v) is 1.68. The van der Waals surface area contributed by atoms with Crippen molar-refractivity contribution in [2.75, 3.05) is 0 Å². The van der Waals surface area contributed by atoms with Crippen LogP contribution in [0.2, 0.25) is 0 Å². The van der Waals surface area contributed by atoms with E-state index in [0.29, 0.717) is 6.04 Å². The van der Waals surface area contributed by atoms with E-state index in [0.717, 1.165) is 12.8 Å². The number of carbonyl (C=O) groups excluding carboxylic acids is 2. The fourth-order valence-electron chi connectivity index (χ4n) is 1.58. The van der Waals surface area contributed by atoms with Gasteiger partial charge in [0, 0.05) is 18.9 Å². The first-order valence-corrected chi connectivity index (χ1v) is 5.04. The van der Waals surface area contributed by atoms with Crippen LogP contribution < -0.4 is 5.32 Å². The van der Waals surface area contributed by atoms with Gasteiger partial charge in [0.25, 0.3) is 0 Å². The molecule has 1 aliphatic rings. The third kappa shape index (κ3) is 4.27. The average molecular weight is 204 g/mol. The third-order valence-corrected chi connectivity index (χ3v) is 2.46. The predicted molar refractivity (Wildman–Crippen MR) is 50.5 cm³/mol. The molecule has 0 saturated heterocycles. The fraction of sp³-hybridized carbons (Fsp3) is 0.778. The summed E-state index contributed by atoms with van der Waals surface area (Å²) in [6, 6.07) is 0.331. The van der Waals surface area contributed by atoms with Crippen molar-refractivity contribution < 1.29 is 9.59 Å². The molecule has 0 aromatic heterocycles. The Balaban J connectivity index is 2.13. The van der Waals surface area contributed by atoms with Crippen molar-refractivity contribution in [2.24, 2.45) is 0 Å². The van der Waals surface area contributed by atoms with Gasteiger partial charge < -0.3 is 5.32 Å². The maximum absolute atomic E-state index is 11.2. The van der Waals surface area contributed by atoms with Crippen LogP contribution in [-0.4, -0.2) is 17.2 Å². The number of amides is 1. The molecule has 0 bridgehead atoms. The van der Waals surface area contributed by atoms with Crippen LogP contribution in [0, 0.1) is 0 Å². The van der Waals surface area contributed by atoms with E-state index in [9.17, 15) is 9.59 Å². The molecular weight excluding hydrogens is 190 g/mol. The van der Waals surface area contributed by atoms with E-state index in [4.69, 9.17) is 11.6 Å². The van der Waals surface area contributed by atoms with Gasteiger partial charge in [-0.3, -0.25) is 9.59 Å². The second-order valence-electron chi connectivity index (χ2n) is 3.40. The van der Waals surface area contributed by atoms with Gasteiger partial charge >= 0.3 is 0 Å². The van der Waals surface area contributed by atoms with Gasteiger partial charge in [0.2, 0.25) is 11.1 Å². The summed E-state index contributed by atoms with van der Waals surface area (Å²) in [5.74, 6) is -0.0547. The minimum Gasteiger partial charge on any atom is -0.353 e. The lowest BCUT2D eigenvalue weighted by Gasteiger charge is -2.10. The number of hydrogen-bond donors (Lipinski definition) is 1. The maximum Gasteiger partial charge on any atom is 0.222 e. The third-order valence-electron chi connectivity index (χ3n) is 2.27. The van der Waals surface area contributed by atoms with E-state index < -0.39 is 5.24 Å². The van der Waals surface area contributed by atoms with Crippen LogP contribution in [0.3, 0.4) is 0 Å². The molecule has 0 unspecified atom stereocenters. The van der Waals surface area contributed by atoms with Crippen molar-refractivity contribution in [2.45, 2.75) is 44.6 Å². The van der Waals surface area contributed by atoms with Crippen molar-refractivity contribution in [3.63, 3.8) is 0 Å². The van der Waals surface area contributed by atoms with Gasteiger partial charge in [0.05, 0.1) is 0 Å². The normalized spacial score (nSPS) is 17.3. The Morgan fingerprint density at radius 1 is 1.23 bits per heavy atom. The number of hydrogen-bond acceptors (Lipinski definition) is 2. The lowest BCUT2D eigenvalue weighted by molar-refractivity contribution is -0.123. The molecule has 1 N–H and O–H groups in total. The molecule has 0 atom stereocenters. The summed E-state index contributed by atoms with van der Waals surface area (Å²) in [7, 11) is 0. The molecule has 4 heteroatoms. The lowest BCUT2D eigenvalue weighted by Crippen LogP contribution is -2.32. The minimum absolute atomic E-state index is 0.0547. The second-order valence-corrected chi connectivity index (χ2v) is 3.83. The molecule has 0 heterocycles. The maximum atomic E-state index is 11.2. The van der Waals surface area contributed by atoms with Crippen LogP contribution in [-0.2, 0) is 9.59 Å². The van der Waals surface area contributed by atoms with E-state index >= 15 is 0 Å². The number of halogens is 1. The van der Waals surface area contributed by atoms with Crippen molar-refractivity contribution >= 4 is 22.8 Å². The predicted octanol–water partition coefficient (Wildman–Crippen LogP) is 1.59. The number of rotatable bonds is 4. The second kappa shape index (κ2) is 5.22. The number of carbonyl (C=O) groups is 2. The summed E-state index contributed by atoms with van der Waals surface area (Å²) < 4.78 is 0. The van der Waals surface area contributed by atoms with Gasteiger partial charge in [0.1, 0.15) is 0 Å². The highest BCUT2D eigenvalue weighted by atomic mass is 35.5. The van der Waals surface area contributed by atoms with E-state index in [-0.39, 0.29) is 18.7 Å². The molecule has 1 fully saturated rings. The van der Waals surface area contributed by atoms with Crippen molar-refractivity contribution in [3.8, 4) is 0 Å². The summed E-state index contributed by atoms with van der Waals surface area (Å²) in [5.41, 5.74) is 0. The molecular formula is C9H14ClNO2. The van der Waals surface area contributed by atoms with Crippen molar-refractivity contribution in [3.05, 3.63) is 0 Å². The standard InChI is InChI=1S/C9H14ClNO2/c10-8(12)5-6-9(13)11-7-3-1-2-4-7/h7H,1-6H2,(H,11,13). The first-order valence-electron chi connectivity index (χ1n) is 4.66. The van der Waals surface area contributed by atoms with Gasteiger partial charge in [-0.05, 0) is 24.4 Å². The molecule has 74 valence electrons. The molecule has 0 aliphatic heterocycles. The Hall–Kier alpha value is -0.570. The Kier molecular flexibility index (Phi) is 4.22. The zero-order valence-electron chi connectivity index (χ0n) is 7.51. The monoisotopic (exact) mass is 203 g/mol. The highest BCUT2D eigenvalue weighted by Gasteiger charge is 2.16. The van der Waals surface area contributed by atoms with E-state index in [2.05, 4.69) is 5.32 Å². The molecule has 1 rings (SSSR count). The Morgan fingerprint density at radius 2 is 1.85 bits per heavy atom. The van der Waals surface area contributed by atoms with E-state index in [1.54, 1.807) is 0 Å². The van der Waals surface area contributed by atoms with Crippen LogP contribution in [0.1, 0.15) is 38.5 Å². The van der Waals surface area contributed by atoms with E-state index in [1.807, 2.05) is 0 Å². The average Bonchev–Trinajstić information content (AvgIpc) is 2.53. The Bertz CT molecular complexity index is 200. The summed E-state index contributed by atoms with van der Waals surface area (Å²) in [6.45, 7) is 0. The first-order chi connectivity index (χ1) is 6.18. The SMILES string of the molecule is O=C(Cl)CCC(=O)NC1CCCC1. The molecule has 0 radical (unpaired) electrons. The van der Waals surface area contributed by atoms with Crippen LogP contribution in [0.15, 0.2) is 0 Å². The lowest BCUT2D eigenvalue weighted by atomic mass is 10.2. The molecule has 0 spiro atoms. The number of nitrogens with one attached hydrogen (secondary N) is 1. The highest BCUT2D eigenvalue weighted by Crippen LogP contribution is 2.17. The van der Waals surface area contributed by atoms with Gasteiger partial charge in [-0.1, -0.05) is 12.8 Å². The summed E-state index contributed by atoms with van der Waals surface area (Å²) in [6.07, 6.45) is 4.89. The van der Waals surface area contributed by atoms with Crippen LogP contribution in [0.25, 0.3) is 0 Å². The van der Waals surface area contributed by atoms with Crippen molar-refractivity contribution in [1.82, 2.24) is 5.32 Å². The van der Waals surface area contributed by atoms with Gasteiger partial charge in [-0.25, -0.2) is 0 Å². The topological polar surface area (TPSA) is 46.2 Å². The minimum atomic E-state index is -0.443. The largest absolute Gasteiger partial charge is 0.353 e. The molecule has 3 nitrogen and oxygen atoms in total. The van der Waals surface area contributed by atoms with E-state index in [1.165, 1.54) is 12.8 Å². The molecule has 0 aromatic rings. The molecule has 1 aliphatic carbocycles. The zero-order valence-corrected chi connectivity index (χ0v) is 8.27. The Morgan fingerprint density at radius 3 is 2.38 bits per heavy atom. The Labute approximate surface area is 82.8 Å². The van der Waals surface area contributed by atoms with Crippen molar-refractivity contribution in [1.29, 1.82) is 0 Å². The first kappa shape index (κ1) is 10.5. The van der Waals surface area contributed by atoms with Crippen LogP contribution in [0.4, 0.5) is 0 Å². The molecule has 1 saturated carbocycles. The molecule has 0 aromatic carbocycles. The van der Waals surface area contributed by atoms with Gasteiger partial charge in [-0.15, -0.1) is 0 Å². The molecule has 1 amide bonds. The summed E-state index contributed by atoms with van der Waals surface area (Å²) in [5, 5.41) is 2.44. The smallest absolute Gasteiger partial charge is 0.222 e. The quantitative estimate of drug-likeness (QED) is 0.706. The van der Waals surface area contributed by atoms with Crippen LogP contribution >= 0.6 is 11.6 Å². The summed E-state index contributed by atoms with van der Waals surface area (Å²) in [4.78, 5) is 21.6. The van der Waals surface area contributed by atoms with Crippen LogP contribution in [0.5, 0.6) is 0 Å². The highest BCUT2D eigenvalue weighted by molar-refractivity contribution is 6.63.